The Labute approximate surface area is 101 Å². The summed E-state index contributed by atoms with van der Waals surface area (Å²) in [5.74, 6) is 1.03. The fourth-order valence-corrected chi connectivity index (χ4v) is 2.59. The Bertz CT molecular complexity index is 446. The third kappa shape index (κ3) is 1.85. The molecule has 1 fully saturated rings. The number of amides is 1. The van der Waals surface area contributed by atoms with Crippen molar-refractivity contribution < 1.29 is 4.79 Å². The largest absolute Gasteiger partial charge is 0.336 e. The van der Waals surface area contributed by atoms with Gasteiger partial charge in [0, 0.05) is 23.9 Å². The van der Waals surface area contributed by atoms with E-state index in [2.05, 4.69) is 10.2 Å². The summed E-state index contributed by atoms with van der Waals surface area (Å²) in [6.07, 6.45) is 3.54. The van der Waals surface area contributed by atoms with Gasteiger partial charge in [0.05, 0.1) is 17.9 Å². The number of H-pyrrole nitrogens is 1. The molecule has 1 aromatic rings. The minimum absolute atomic E-state index is 0.0855. The topological polar surface area (TPSA) is 49.0 Å². The monoisotopic (exact) mass is 233 g/mol. The fraction of sp³-hybridized carbons (Fsp3) is 0.692. The van der Waals surface area contributed by atoms with Crippen LogP contribution in [-0.4, -0.2) is 27.5 Å². The average molecular weight is 233 g/mol. The van der Waals surface area contributed by atoms with E-state index in [1.165, 1.54) is 24.1 Å². The van der Waals surface area contributed by atoms with E-state index in [1.54, 1.807) is 0 Å². The van der Waals surface area contributed by atoms with Crippen LogP contribution in [0.15, 0.2) is 0 Å². The van der Waals surface area contributed by atoms with Gasteiger partial charge in [0.1, 0.15) is 0 Å². The molecule has 0 bridgehead atoms. The van der Waals surface area contributed by atoms with Crippen molar-refractivity contribution in [3.05, 3.63) is 17.0 Å². The molecule has 0 saturated heterocycles. The number of aromatic nitrogens is 2. The molecule has 0 unspecified atom stereocenters. The molecule has 1 aliphatic heterocycles. The van der Waals surface area contributed by atoms with Crippen LogP contribution in [0.3, 0.4) is 0 Å². The van der Waals surface area contributed by atoms with Gasteiger partial charge >= 0.3 is 0 Å². The normalized spacial score (nSPS) is 19.6. The van der Waals surface area contributed by atoms with Gasteiger partial charge in [-0.2, -0.15) is 5.10 Å². The predicted octanol–water partition coefficient (Wildman–Crippen LogP) is 1.83. The van der Waals surface area contributed by atoms with Crippen LogP contribution in [0.1, 0.15) is 49.6 Å². The molecular weight excluding hydrogens is 214 g/mol. The van der Waals surface area contributed by atoms with E-state index in [1.807, 2.05) is 18.7 Å². The van der Waals surface area contributed by atoms with Crippen molar-refractivity contribution >= 4 is 5.91 Å². The summed E-state index contributed by atoms with van der Waals surface area (Å²) >= 11 is 0. The molecule has 1 amide bonds. The maximum absolute atomic E-state index is 12.0. The summed E-state index contributed by atoms with van der Waals surface area (Å²) in [5.41, 5.74) is 3.82. The minimum atomic E-state index is 0.0855. The highest BCUT2D eigenvalue weighted by Crippen LogP contribution is 2.42. The lowest BCUT2D eigenvalue weighted by atomic mass is 10.0. The molecule has 4 nitrogen and oxygen atoms in total. The minimum Gasteiger partial charge on any atom is -0.336 e. The summed E-state index contributed by atoms with van der Waals surface area (Å²) in [6.45, 7) is 5.48. The highest BCUT2D eigenvalue weighted by Gasteiger charge is 2.33. The molecule has 1 saturated carbocycles. The summed E-state index contributed by atoms with van der Waals surface area (Å²) in [4.78, 5) is 13.9. The van der Waals surface area contributed by atoms with Gasteiger partial charge in [-0.05, 0) is 19.3 Å². The third-order valence-corrected chi connectivity index (χ3v) is 3.74. The van der Waals surface area contributed by atoms with E-state index in [0.717, 1.165) is 18.7 Å². The average Bonchev–Trinajstić information content (AvgIpc) is 3.07. The van der Waals surface area contributed by atoms with E-state index in [-0.39, 0.29) is 11.8 Å². The van der Waals surface area contributed by atoms with Crippen molar-refractivity contribution in [3.63, 3.8) is 0 Å². The number of carbonyl (C=O) groups excluding carboxylic acids is 1. The van der Waals surface area contributed by atoms with E-state index in [0.29, 0.717) is 12.5 Å². The molecule has 4 heteroatoms. The molecule has 0 spiro atoms. The van der Waals surface area contributed by atoms with Gasteiger partial charge in [0.15, 0.2) is 0 Å². The molecule has 0 radical (unpaired) electrons. The number of hydrogen-bond donors (Lipinski definition) is 1. The Balaban J connectivity index is 1.79. The first-order chi connectivity index (χ1) is 8.16. The predicted molar refractivity (Wildman–Crippen MR) is 64.5 cm³/mol. The Kier molecular flexibility index (Phi) is 2.45. The van der Waals surface area contributed by atoms with Crippen molar-refractivity contribution in [2.24, 2.45) is 5.92 Å². The van der Waals surface area contributed by atoms with Gasteiger partial charge in [-0.3, -0.25) is 9.89 Å². The second-order valence-electron chi connectivity index (χ2n) is 5.50. The molecular formula is C13H19N3O. The van der Waals surface area contributed by atoms with Crippen LogP contribution < -0.4 is 0 Å². The van der Waals surface area contributed by atoms with E-state index in [4.69, 9.17) is 0 Å². The molecule has 0 atom stereocenters. The molecule has 2 heterocycles. The Morgan fingerprint density at radius 2 is 2.24 bits per heavy atom. The number of nitrogens with zero attached hydrogens (tertiary/aromatic N) is 2. The third-order valence-electron chi connectivity index (χ3n) is 3.74. The standard InChI is InChI=1S/C13H19N3O/c1-8(2)13(17)16-6-5-10-11(7-16)14-15-12(10)9-3-4-9/h8-9H,3-7H2,1-2H3,(H,14,15). The van der Waals surface area contributed by atoms with Crippen molar-refractivity contribution in [2.45, 2.75) is 45.6 Å². The quantitative estimate of drug-likeness (QED) is 0.847. The van der Waals surface area contributed by atoms with Crippen LogP contribution in [0.25, 0.3) is 0 Å². The van der Waals surface area contributed by atoms with Gasteiger partial charge in [-0.15, -0.1) is 0 Å². The molecule has 2 aliphatic rings. The van der Waals surface area contributed by atoms with Crippen LogP contribution in [-0.2, 0) is 17.8 Å². The zero-order chi connectivity index (χ0) is 12.0. The fourth-order valence-electron chi connectivity index (χ4n) is 2.59. The molecule has 1 aliphatic carbocycles. The maximum Gasteiger partial charge on any atom is 0.225 e. The molecule has 1 N–H and O–H groups in total. The zero-order valence-corrected chi connectivity index (χ0v) is 10.5. The molecule has 92 valence electrons. The van der Waals surface area contributed by atoms with Gasteiger partial charge in [-0.25, -0.2) is 0 Å². The van der Waals surface area contributed by atoms with Gasteiger partial charge < -0.3 is 4.90 Å². The zero-order valence-electron chi connectivity index (χ0n) is 10.5. The van der Waals surface area contributed by atoms with Crippen LogP contribution in [0.5, 0.6) is 0 Å². The first kappa shape index (κ1) is 10.8. The number of fused-ring (bicyclic) bond motifs is 1. The Morgan fingerprint density at radius 1 is 1.47 bits per heavy atom. The first-order valence-corrected chi connectivity index (χ1v) is 6.51. The van der Waals surface area contributed by atoms with Crippen LogP contribution >= 0.6 is 0 Å². The molecule has 0 aromatic carbocycles. The molecule has 3 rings (SSSR count). The number of aromatic amines is 1. The van der Waals surface area contributed by atoms with Crippen molar-refractivity contribution in [1.29, 1.82) is 0 Å². The van der Waals surface area contributed by atoms with E-state index < -0.39 is 0 Å². The van der Waals surface area contributed by atoms with Gasteiger partial charge in [0.25, 0.3) is 0 Å². The Morgan fingerprint density at radius 3 is 2.88 bits per heavy atom. The maximum atomic E-state index is 12.0. The van der Waals surface area contributed by atoms with E-state index in [9.17, 15) is 4.79 Å². The van der Waals surface area contributed by atoms with Crippen molar-refractivity contribution in [1.82, 2.24) is 15.1 Å². The van der Waals surface area contributed by atoms with Crippen LogP contribution in [0, 0.1) is 5.92 Å². The summed E-state index contributed by atoms with van der Waals surface area (Å²) in [7, 11) is 0. The van der Waals surface area contributed by atoms with Gasteiger partial charge in [0.2, 0.25) is 5.91 Å². The summed E-state index contributed by atoms with van der Waals surface area (Å²) < 4.78 is 0. The second-order valence-corrected chi connectivity index (χ2v) is 5.50. The lowest BCUT2D eigenvalue weighted by Gasteiger charge is -2.28. The lowest BCUT2D eigenvalue weighted by Crippen LogP contribution is -2.38. The number of rotatable bonds is 2. The highest BCUT2D eigenvalue weighted by atomic mass is 16.2. The summed E-state index contributed by atoms with van der Waals surface area (Å²) in [5, 5.41) is 7.56. The van der Waals surface area contributed by atoms with Crippen molar-refractivity contribution in [2.75, 3.05) is 6.54 Å². The lowest BCUT2D eigenvalue weighted by molar-refractivity contribution is -0.135. The number of carbonyl (C=O) groups is 1. The first-order valence-electron chi connectivity index (χ1n) is 6.51. The van der Waals surface area contributed by atoms with Crippen LogP contribution in [0.2, 0.25) is 0 Å². The van der Waals surface area contributed by atoms with E-state index >= 15 is 0 Å². The number of hydrogen-bond acceptors (Lipinski definition) is 2. The van der Waals surface area contributed by atoms with Gasteiger partial charge in [-0.1, -0.05) is 13.8 Å². The van der Waals surface area contributed by atoms with Crippen molar-refractivity contribution in [3.8, 4) is 0 Å². The molecule has 1 aromatic heterocycles. The number of nitrogens with one attached hydrogen (secondary N) is 1. The molecule has 17 heavy (non-hydrogen) atoms. The summed E-state index contributed by atoms with van der Waals surface area (Å²) in [6, 6.07) is 0. The SMILES string of the molecule is CC(C)C(=O)N1CCc2c(C3CC3)n[nH]c2C1. The van der Waals surface area contributed by atoms with Crippen LogP contribution in [0.4, 0.5) is 0 Å². The second kappa shape index (κ2) is 3.86. The highest BCUT2D eigenvalue weighted by molar-refractivity contribution is 5.78. The Hall–Kier alpha value is -1.32. The smallest absolute Gasteiger partial charge is 0.225 e.